The zero-order valence-electron chi connectivity index (χ0n) is 9.67. The second-order valence-corrected chi connectivity index (χ2v) is 8.02. The van der Waals surface area contributed by atoms with Crippen molar-refractivity contribution < 1.29 is 8.42 Å². The molecule has 2 atom stereocenters. The summed E-state index contributed by atoms with van der Waals surface area (Å²) in [6.07, 6.45) is 6.97. The van der Waals surface area contributed by atoms with Crippen molar-refractivity contribution >= 4 is 21.4 Å². The van der Waals surface area contributed by atoms with Gasteiger partial charge in [-0.3, -0.25) is 0 Å². The Balaban J connectivity index is 2.02. The minimum absolute atomic E-state index is 0.0844. The molecule has 5 heteroatoms. The van der Waals surface area contributed by atoms with Crippen molar-refractivity contribution in [3.8, 4) is 0 Å². The molecule has 0 N–H and O–H groups in total. The van der Waals surface area contributed by atoms with Gasteiger partial charge in [-0.25, -0.2) is 8.42 Å². The molecule has 0 radical (unpaired) electrons. The topological polar surface area (TPSA) is 37.4 Å². The number of fused-ring (bicyclic) bond motifs is 2. The van der Waals surface area contributed by atoms with Crippen molar-refractivity contribution in [3.63, 3.8) is 0 Å². The summed E-state index contributed by atoms with van der Waals surface area (Å²) in [6.45, 7) is 1.94. The Hall–Kier alpha value is -0.650. The molecule has 3 rings (SSSR count). The highest BCUT2D eigenvalue weighted by Gasteiger charge is 2.42. The fourth-order valence-electron chi connectivity index (χ4n) is 2.71. The van der Waals surface area contributed by atoms with Crippen molar-refractivity contribution in [2.75, 3.05) is 0 Å². The van der Waals surface area contributed by atoms with Crippen LogP contribution in [0.3, 0.4) is 0 Å². The van der Waals surface area contributed by atoms with E-state index in [4.69, 9.17) is 0 Å². The number of nitrogens with zero attached hydrogens (tertiary/aromatic N) is 1. The van der Waals surface area contributed by atoms with E-state index in [1.165, 1.54) is 11.3 Å². The largest absolute Gasteiger partial charge is 0.253 e. The molecule has 92 valence electrons. The van der Waals surface area contributed by atoms with Crippen LogP contribution in [0.4, 0.5) is 0 Å². The van der Waals surface area contributed by atoms with E-state index in [2.05, 4.69) is 6.08 Å². The lowest BCUT2D eigenvalue weighted by Crippen LogP contribution is -2.41. The zero-order chi connectivity index (χ0) is 12.0. The fourth-order valence-corrected chi connectivity index (χ4v) is 5.94. The maximum absolute atomic E-state index is 12.6. The molecule has 0 saturated carbocycles. The number of hydrogen-bond donors (Lipinski definition) is 0. The van der Waals surface area contributed by atoms with Gasteiger partial charge < -0.3 is 0 Å². The summed E-state index contributed by atoms with van der Waals surface area (Å²) >= 11 is 1.37. The first-order valence-electron chi connectivity index (χ1n) is 5.86. The standard InChI is InChI=1S/C12H15NO2S2/c1-9-5-8-12(16-9)17(14,15)13-10-3-2-4-11(13)7-6-10/h2-3,5,8,10-11H,4,6-7H2,1H3/t10-,11-/m0/s1. The number of rotatable bonds is 2. The molecule has 2 bridgehead atoms. The number of thiophene rings is 1. The molecule has 1 saturated heterocycles. The third-order valence-electron chi connectivity index (χ3n) is 3.50. The Labute approximate surface area is 106 Å². The molecule has 1 aromatic heterocycles. The summed E-state index contributed by atoms with van der Waals surface area (Å²) in [7, 11) is -3.28. The van der Waals surface area contributed by atoms with Crippen molar-refractivity contribution in [2.24, 2.45) is 0 Å². The first-order chi connectivity index (χ1) is 8.09. The molecular formula is C12H15NO2S2. The van der Waals surface area contributed by atoms with Crippen LogP contribution in [0.1, 0.15) is 24.1 Å². The summed E-state index contributed by atoms with van der Waals surface area (Å²) in [5.74, 6) is 0. The lowest BCUT2D eigenvalue weighted by atomic mass is 10.2. The van der Waals surface area contributed by atoms with E-state index in [9.17, 15) is 8.42 Å². The van der Waals surface area contributed by atoms with Crippen LogP contribution in [0.25, 0.3) is 0 Å². The molecule has 2 aliphatic rings. The molecule has 0 unspecified atom stereocenters. The Morgan fingerprint density at radius 2 is 2.18 bits per heavy atom. The zero-order valence-corrected chi connectivity index (χ0v) is 11.3. The van der Waals surface area contributed by atoms with E-state index in [1.807, 2.05) is 19.1 Å². The van der Waals surface area contributed by atoms with Gasteiger partial charge >= 0.3 is 0 Å². The van der Waals surface area contributed by atoms with E-state index >= 15 is 0 Å². The van der Waals surface area contributed by atoms with Gasteiger partial charge in [0.15, 0.2) is 0 Å². The summed E-state index contributed by atoms with van der Waals surface area (Å²) in [6, 6.07) is 3.87. The lowest BCUT2D eigenvalue weighted by molar-refractivity contribution is 0.342. The van der Waals surface area contributed by atoms with Crippen LogP contribution in [0.5, 0.6) is 0 Å². The Morgan fingerprint density at radius 1 is 1.35 bits per heavy atom. The number of sulfonamides is 1. The predicted molar refractivity (Wildman–Crippen MR) is 68.6 cm³/mol. The monoisotopic (exact) mass is 269 g/mol. The number of aryl methyl sites for hydroxylation is 1. The van der Waals surface area contributed by atoms with Gasteiger partial charge in [0, 0.05) is 17.0 Å². The second-order valence-electron chi connectivity index (χ2n) is 4.66. The van der Waals surface area contributed by atoms with Crippen LogP contribution in [0, 0.1) is 6.92 Å². The molecule has 3 nitrogen and oxygen atoms in total. The lowest BCUT2D eigenvalue weighted by Gasteiger charge is -2.29. The molecule has 1 fully saturated rings. The van der Waals surface area contributed by atoms with Crippen LogP contribution >= 0.6 is 11.3 Å². The summed E-state index contributed by atoms with van der Waals surface area (Å²) in [5, 5.41) is 0. The highest BCUT2D eigenvalue weighted by Crippen LogP contribution is 2.37. The highest BCUT2D eigenvalue weighted by atomic mass is 32.2. The maximum Gasteiger partial charge on any atom is 0.253 e. The molecule has 2 aliphatic heterocycles. The molecule has 0 aliphatic carbocycles. The van der Waals surface area contributed by atoms with Crippen molar-refractivity contribution in [1.29, 1.82) is 0 Å². The van der Waals surface area contributed by atoms with Gasteiger partial charge in [0.2, 0.25) is 0 Å². The molecule has 1 aromatic rings. The van der Waals surface area contributed by atoms with Crippen LogP contribution in [0.15, 0.2) is 28.5 Å². The fraction of sp³-hybridized carbons (Fsp3) is 0.500. The first-order valence-corrected chi connectivity index (χ1v) is 8.11. The molecule has 3 heterocycles. The Bertz CT molecular complexity index is 559. The quantitative estimate of drug-likeness (QED) is 0.774. The average molecular weight is 269 g/mol. The third-order valence-corrected chi connectivity index (χ3v) is 6.94. The van der Waals surface area contributed by atoms with Crippen LogP contribution < -0.4 is 0 Å². The van der Waals surface area contributed by atoms with E-state index in [-0.39, 0.29) is 12.1 Å². The van der Waals surface area contributed by atoms with Crippen LogP contribution in [-0.2, 0) is 10.0 Å². The number of hydrogen-bond acceptors (Lipinski definition) is 3. The van der Waals surface area contributed by atoms with E-state index in [1.54, 1.807) is 10.4 Å². The molecule has 17 heavy (non-hydrogen) atoms. The normalized spacial score (nSPS) is 28.8. The highest BCUT2D eigenvalue weighted by molar-refractivity contribution is 7.91. The van der Waals surface area contributed by atoms with Crippen molar-refractivity contribution in [3.05, 3.63) is 29.2 Å². The summed E-state index contributed by atoms with van der Waals surface area (Å²) in [5.41, 5.74) is 0. The minimum Gasteiger partial charge on any atom is -0.206 e. The first kappa shape index (κ1) is 11.4. The third kappa shape index (κ3) is 1.77. The Morgan fingerprint density at radius 3 is 2.82 bits per heavy atom. The van der Waals surface area contributed by atoms with Crippen molar-refractivity contribution in [2.45, 2.75) is 42.5 Å². The Kier molecular flexibility index (Phi) is 2.65. The molecule has 0 aromatic carbocycles. The van der Waals surface area contributed by atoms with Gasteiger partial charge in [0.05, 0.1) is 0 Å². The predicted octanol–water partition coefficient (Wildman–Crippen LogP) is 2.54. The van der Waals surface area contributed by atoms with Gasteiger partial charge in [-0.2, -0.15) is 4.31 Å². The molecule has 0 amide bonds. The second kappa shape index (κ2) is 3.93. The summed E-state index contributed by atoms with van der Waals surface area (Å²) < 4.78 is 27.3. The maximum atomic E-state index is 12.6. The van der Waals surface area contributed by atoms with Gasteiger partial charge in [-0.1, -0.05) is 12.2 Å². The van der Waals surface area contributed by atoms with E-state index < -0.39 is 10.0 Å². The van der Waals surface area contributed by atoms with Gasteiger partial charge in [0.1, 0.15) is 4.21 Å². The summed E-state index contributed by atoms with van der Waals surface area (Å²) in [4.78, 5) is 1.04. The van der Waals surface area contributed by atoms with E-state index in [0.29, 0.717) is 4.21 Å². The molecule has 0 spiro atoms. The van der Waals surface area contributed by atoms with E-state index in [0.717, 1.165) is 24.1 Å². The van der Waals surface area contributed by atoms with Gasteiger partial charge in [-0.15, -0.1) is 11.3 Å². The minimum atomic E-state index is -3.28. The smallest absolute Gasteiger partial charge is 0.206 e. The average Bonchev–Trinajstić information content (AvgIpc) is 2.82. The SMILES string of the molecule is Cc1ccc(S(=O)(=O)N2[C@H]3CC=C[C@H]2CC3)s1. The van der Waals surface area contributed by atoms with Gasteiger partial charge in [-0.05, 0) is 38.3 Å². The van der Waals surface area contributed by atoms with Gasteiger partial charge in [0.25, 0.3) is 10.0 Å². The van der Waals surface area contributed by atoms with Crippen LogP contribution in [0.2, 0.25) is 0 Å². The molecular weight excluding hydrogens is 254 g/mol. The van der Waals surface area contributed by atoms with Crippen molar-refractivity contribution in [1.82, 2.24) is 4.31 Å². The van der Waals surface area contributed by atoms with Crippen LogP contribution in [-0.4, -0.2) is 24.8 Å².